The molecule has 0 saturated heterocycles. The molecule has 1 atom stereocenters. The normalized spacial score (nSPS) is 15.7. The van der Waals surface area contributed by atoms with E-state index in [0.717, 1.165) is 12.8 Å². The van der Waals surface area contributed by atoms with Crippen molar-refractivity contribution >= 4 is 5.97 Å². The summed E-state index contributed by atoms with van der Waals surface area (Å²) in [7, 11) is 1.30. The van der Waals surface area contributed by atoms with E-state index in [4.69, 9.17) is 0 Å². The number of allylic oxidation sites excluding steroid dienone is 3. The fourth-order valence-electron chi connectivity index (χ4n) is 1.06. The molecular formula is C12H19FO2. The second-order valence-electron chi connectivity index (χ2n) is 3.62. The van der Waals surface area contributed by atoms with Crippen molar-refractivity contribution in [1.82, 2.24) is 0 Å². The third-order valence-corrected chi connectivity index (χ3v) is 2.01. The zero-order valence-electron chi connectivity index (χ0n) is 9.63. The molecule has 0 aliphatic rings. The standard InChI is InChI=1S/C12H19FO2/c1-4-5-9-12(2,13)10-7-6-8-11(14)15-3/h6-8,10H,4-5,9H2,1-3H3/b8-6+,10-7+/t12-/m0/s1. The molecule has 0 bridgehead atoms. The molecule has 0 N–H and O–H groups in total. The number of esters is 1. The van der Waals surface area contributed by atoms with E-state index in [2.05, 4.69) is 4.74 Å². The lowest BCUT2D eigenvalue weighted by atomic mass is 10.0. The van der Waals surface area contributed by atoms with E-state index in [1.54, 1.807) is 0 Å². The molecule has 0 aromatic rings. The van der Waals surface area contributed by atoms with Crippen LogP contribution in [-0.2, 0) is 9.53 Å². The average molecular weight is 214 g/mol. The van der Waals surface area contributed by atoms with Crippen LogP contribution in [0.4, 0.5) is 4.39 Å². The van der Waals surface area contributed by atoms with Crippen LogP contribution in [0, 0.1) is 0 Å². The molecule has 0 aliphatic heterocycles. The van der Waals surface area contributed by atoms with Gasteiger partial charge in [-0.3, -0.25) is 0 Å². The molecule has 3 heteroatoms. The van der Waals surface area contributed by atoms with E-state index in [-0.39, 0.29) is 0 Å². The zero-order valence-corrected chi connectivity index (χ0v) is 9.63. The van der Waals surface area contributed by atoms with Gasteiger partial charge in [-0.2, -0.15) is 0 Å². The van der Waals surface area contributed by atoms with Crippen molar-refractivity contribution in [2.75, 3.05) is 7.11 Å². The van der Waals surface area contributed by atoms with E-state index in [1.165, 1.54) is 38.3 Å². The smallest absolute Gasteiger partial charge is 0.330 e. The van der Waals surface area contributed by atoms with Crippen LogP contribution in [0.1, 0.15) is 33.1 Å². The van der Waals surface area contributed by atoms with E-state index in [9.17, 15) is 9.18 Å². The first-order valence-electron chi connectivity index (χ1n) is 5.14. The number of alkyl halides is 1. The Bertz CT molecular complexity index is 242. The summed E-state index contributed by atoms with van der Waals surface area (Å²) in [5, 5.41) is 0. The molecule has 0 spiro atoms. The van der Waals surface area contributed by atoms with Crippen molar-refractivity contribution in [2.45, 2.75) is 38.8 Å². The first-order valence-corrected chi connectivity index (χ1v) is 5.14. The highest BCUT2D eigenvalue weighted by atomic mass is 19.1. The Kier molecular flexibility index (Phi) is 6.67. The van der Waals surface area contributed by atoms with Gasteiger partial charge in [0.1, 0.15) is 5.67 Å². The Morgan fingerprint density at radius 2 is 2.13 bits per heavy atom. The number of hydrogen-bond acceptors (Lipinski definition) is 2. The van der Waals surface area contributed by atoms with Crippen LogP contribution in [0.15, 0.2) is 24.3 Å². The second-order valence-corrected chi connectivity index (χ2v) is 3.62. The summed E-state index contributed by atoms with van der Waals surface area (Å²) >= 11 is 0. The summed E-state index contributed by atoms with van der Waals surface area (Å²) in [6, 6.07) is 0. The van der Waals surface area contributed by atoms with E-state index < -0.39 is 11.6 Å². The van der Waals surface area contributed by atoms with Crippen LogP contribution in [-0.4, -0.2) is 18.7 Å². The van der Waals surface area contributed by atoms with Crippen molar-refractivity contribution in [2.24, 2.45) is 0 Å². The van der Waals surface area contributed by atoms with Crippen molar-refractivity contribution in [1.29, 1.82) is 0 Å². The summed E-state index contributed by atoms with van der Waals surface area (Å²) in [5.41, 5.74) is -1.30. The molecule has 0 amide bonds. The molecule has 15 heavy (non-hydrogen) atoms. The number of unbranched alkanes of at least 4 members (excludes halogenated alkanes) is 1. The number of hydrogen-bond donors (Lipinski definition) is 0. The molecule has 0 aromatic carbocycles. The highest BCUT2D eigenvalue weighted by molar-refractivity contribution is 5.82. The summed E-state index contributed by atoms with van der Waals surface area (Å²) < 4.78 is 18.0. The minimum Gasteiger partial charge on any atom is -0.466 e. The molecule has 2 nitrogen and oxygen atoms in total. The molecule has 0 radical (unpaired) electrons. The maximum absolute atomic E-state index is 13.6. The van der Waals surface area contributed by atoms with Gasteiger partial charge in [0.2, 0.25) is 0 Å². The Balaban J connectivity index is 4.03. The minimum absolute atomic E-state index is 0.436. The van der Waals surface area contributed by atoms with Gasteiger partial charge in [0.25, 0.3) is 0 Å². The van der Waals surface area contributed by atoms with Gasteiger partial charge >= 0.3 is 5.97 Å². The van der Waals surface area contributed by atoms with Gasteiger partial charge in [-0.25, -0.2) is 9.18 Å². The highest BCUT2D eigenvalue weighted by Gasteiger charge is 2.17. The molecule has 0 aliphatic carbocycles. The number of carbonyl (C=O) groups excluding carboxylic acids is 1. The summed E-state index contributed by atoms with van der Waals surface area (Å²) in [4.78, 5) is 10.7. The maximum Gasteiger partial charge on any atom is 0.330 e. The number of ether oxygens (including phenoxy) is 1. The lowest BCUT2D eigenvalue weighted by Crippen LogP contribution is -2.13. The Labute approximate surface area is 90.8 Å². The van der Waals surface area contributed by atoms with Gasteiger partial charge in [0.05, 0.1) is 7.11 Å². The fraction of sp³-hybridized carbons (Fsp3) is 0.583. The summed E-state index contributed by atoms with van der Waals surface area (Å²) in [6.07, 6.45) is 8.08. The molecular weight excluding hydrogens is 195 g/mol. The SMILES string of the molecule is CCCC[C@](C)(F)/C=C/C=C/C(=O)OC. The first-order chi connectivity index (χ1) is 7.02. The molecule has 86 valence electrons. The van der Waals surface area contributed by atoms with Crippen LogP contribution in [0.5, 0.6) is 0 Å². The monoisotopic (exact) mass is 214 g/mol. The summed E-state index contributed by atoms with van der Waals surface area (Å²) in [5.74, 6) is -0.436. The Hall–Kier alpha value is -1.12. The number of halogens is 1. The van der Waals surface area contributed by atoms with Gasteiger partial charge < -0.3 is 4.74 Å². The molecule has 0 fully saturated rings. The predicted molar refractivity (Wildman–Crippen MR) is 59.3 cm³/mol. The van der Waals surface area contributed by atoms with Crippen molar-refractivity contribution in [3.8, 4) is 0 Å². The van der Waals surface area contributed by atoms with E-state index in [1.807, 2.05) is 6.92 Å². The topological polar surface area (TPSA) is 26.3 Å². The third kappa shape index (κ3) is 7.91. The molecule has 0 aromatic heterocycles. The predicted octanol–water partition coefficient (Wildman–Crippen LogP) is 3.19. The Morgan fingerprint density at radius 1 is 1.47 bits per heavy atom. The quantitative estimate of drug-likeness (QED) is 0.385. The van der Waals surface area contributed by atoms with E-state index in [0.29, 0.717) is 6.42 Å². The fourth-order valence-corrected chi connectivity index (χ4v) is 1.06. The maximum atomic E-state index is 13.6. The second kappa shape index (κ2) is 7.21. The van der Waals surface area contributed by atoms with E-state index >= 15 is 0 Å². The first kappa shape index (κ1) is 13.9. The zero-order chi connectivity index (χ0) is 11.7. The van der Waals surface area contributed by atoms with Crippen molar-refractivity contribution in [3.63, 3.8) is 0 Å². The summed E-state index contributed by atoms with van der Waals surface area (Å²) in [6.45, 7) is 3.56. The van der Waals surface area contributed by atoms with Gasteiger partial charge in [0.15, 0.2) is 0 Å². The van der Waals surface area contributed by atoms with Gasteiger partial charge in [-0.15, -0.1) is 0 Å². The van der Waals surface area contributed by atoms with Crippen LogP contribution in [0.2, 0.25) is 0 Å². The Morgan fingerprint density at radius 3 is 2.67 bits per heavy atom. The van der Waals surface area contributed by atoms with Gasteiger partial charge in [0, 0.05) is 6.08 Å². The molecule has 0 unspecified atom stereocenters. The largest absolute Gasteiger partial charge is 0.466 e. The average Bonchev–Trinajstić information content (AvgIpc) is 2.21. The van der Waals surface area contributed by atoms with Gasteiger partial charge in [-0.05, 0) is 19.4 Å². The van der Waals surface area contributed by atoms with Crippen LogP contribution in [0.3, 0.4) is 0 Å². The van der Waals surface area contributed by atoms with Crippen LogP contribution in [0.25, 0.3) is 0 Å². The highest BCUT2D eigenvalue weighted by Crippen LogP contribution is 2.20. The van der Waals surface area contributed by atoms with Crippen molar-refractivity contribution in [3.05, 3.63) is 24.3 Å². The van der Waals surface area contributed by atoms with Crippen LogP contribution < -0.4 is 0 Å². The number of methoxy groups -OCH3 is 1. The lowest BCUT2D eigenvalue weighted by molar-refractivity contribution is -0.134. The lowest BCUT2D eigenvalue weighted by Gasteiger charge is -2.14. The van der Waals surface area contributed by atoms with Crippen LogP contribution >= 0.6 is 0 Å². The molecule has 0 saturated carbocycles. The number of carbonyl (C=O) groups is 1. The van der Waals surface area contributed by atoms with Crippen molar-refractivity contribution < 1.29 is 13.9 Å². The third-order valence-electron chi connectivity index (χ3n) is 2.01. The van der Waals surface area contributed by atoms with Gasteiger partial charge in [-0.1, -0.05) is 31.9 Å². The molecule has 0 heterocycles. The number of rotatable bonds is 6. The minimum atomic E-state index is -1.30. The molecule has 0 rings (SSSR count).